The third kappa shape index (κ3) is 3.20. The van der Waals surface area contributed by atoms with Gasteiger partial charge in [-0.15, -0.1) is 0 Å². The van der Waals surface area contributed by atoms with Gasteiger partial charge < -0.3 is 15.6 Å². The fraction of sp³-hybridized carbons (Fsp3) is 0.538. The Morgan fingerprint density at radius 2 is 2.39 bits per heavy atom. The van der Waals surface area contributed by atoms with Gasteiger partial charge in [0.25, 0.3) is 5.91 Å². The van der Waals surface area contributed by atoms with Crippen molar-refractivity contribution in [2.75, 3.05) is 19.6 Å². The Hall–Kier alpha value is -1.62. The first-order valence-corrected chi connectivity index (χ1v) is 6.27. The Balaban J connectivity index is 1.94. The third-order valence-corrected chi connectivity index (χ3v) is 3.40. The minimum absolute atomic E-state index is 0.106. The summed E-state index contributed by atoms with van der Waals surface area (Å²) < 4.78 is 0. The number of pyridine rings is 1. The van der Waals surface area contributed by atoms with Crippen LogP contribution < -0.4 is 16.2 Å². The molecule has 1 aliphatic rings. The molecule has 0 radical (unpaired) electrons. The summed E-state index contributed by atoms with van der Waals surface area (Å²) in [7, 11) is 0. The number of H-pyrrole nitrogens is 1. The topological polar surface area (TPSA) is 74.0 Å². The Labute approximate surface area is 106 Å². The molecule has 1 aromatic rings. The number of piperidine rings is 1. The van der Waals surface area contributed by atoms with Gasteiger partial charge in [-0.05, 0) is 30.9 Å². The van der Waals surface area contributed by atoms with Crippen molar-refractivity contribution in [2.45, 2.75) is 19.8 Å². The molecule has 0 saturated carbocycles. The average molecular weight is 249 g/mol. The maximum absolute atomic E-state index is 11.9. The summed E-state index contributed by atoms with van der Waals surface area (Å²) in [4.78, 5) is 25.5. The van der Waals surface area contributed by atoms with Gasteiger partial charge in [0.05, 0.1) is 0 Å². The van der Waals surface area contributed by atoms with E-state index in [0.717, 1.165) is 25.9 Å². The molecule has 0 aliphatic carbocycles. The lowest BCUT2D eigenvalue weighted by Crippen LogP contribution is -2.45. The van der Waals surface area contributed by atoms with E-state index in [-0.39, 0.29) is 16.9 Å². The third-order valence-electron chi connectivity index (χ3n) is 3.40. The average Bonchev–Trinajstić information content (AvgIpc) is 2.37. The molecule has 18 heavy (non-hydrogen) atoms. The summed E-state index contributed by atoms with van der Waals surface area (Å²) in [6.07, 6.45) is 3.73. The number of rotatable bonds is 3. The molecule has 0 bridgehead atoms. The predicted octanol–water partition coefficient (Wildman–Crippen LogP) is 0.494. The fourth-order valence-corrected chi connectivity index (χ4v) is 2.25. The van der Waals surface area contributed by atoms with Crippen molar-refractivity contribution >= 4 is 5.91 Å². The van der Waals surface area contributed by atoms with Gasteiger partial charge in [-0.2, -0.15) is 0 Å². The minimum atomic E-state index is -0.256. The van der Waals surface area contributed by atoms with Gasteiger partial charge in [0, 0.05) is 30.9 Å². The molecule has 98 valence electrons. The Morgan fingerprint density at radius 3 is 3.06 bits per heavy atom. The van der Waals surface area contributed by atoms with Crippen LogP contribution in [0.15, 0.2) is 23.1 Å². The lowest BCUT2D eigenvalue weighted by molar-refractivity contribution is 0.0924. The highest BCUT2D eigenvalue weighted by Crippen LogP contribution is 2.24. The van der Waals surface area contributed by atoms with Crippen LogP contribution in [0.5, 0.6) is 0 Å². The van der Waals surface area contributed by atoms with E-state index in [4.69, 9.17) is 0 Å². The van der Waals surface area contributed by atoms with Crippen LogP contribution >= 0.6 is 0 Å². The van der Waals surface area contributed by atoms with Crippen molar-refractivity contribution in [3.8, 4) is 0 Å². The van der Waals surface area contributed by atoms with E-state index in [1.54, 1.807) is 6.07 Å². The van der Waals surface area contributed by atoms with Gasteiger partial charge in [-0.25, -0.2) is 0 Å². The van der Waals surface area contributed by atoms with Crippen molar-refractivity contribution in [3.05, 3.63) is 34.2 Å². The van der Waals surface area contributed by atoms with Crippen LogP contribution in [-0.2, 0) is 0 Å². The normalized spacial score (nSPS) is 23.6. The first kappa shape index (κ1) is 12.8. The van der Waals surface area contributed by atoms with Gasteiger partial charge in [-0.3, -0.25) is 9.59 Å². The summed E-state index contributed by atoms with van der Waals surface area (Å²) in [6, 6.07) is 2.93. The number of carbonyl (C=O) groups excluding carboxylic acids is 1. The molecule has 5 heteroatoms. The first-order chi connectivity index (χ1) is 8.59. The van der Waals surface area contributed by atoms with E-state index >= 15 is 0 Å². The quantitative estimate of drug-likeness (QED) is 0.730. The molecule has 1 atom stereocenters. The van der Waals surface area contributed by atoms with Crippen molar-refractivity contribution < 1.29 is 4.79 Å². The zero-order valence-electron chi connectivity index (χ0n) is 10.6. The fourth-order valence-electron chi connectivity index (χ4n) is 2.25. The van der Waals surface area contributed by atoms with Crippen molar-refractivity contribution in [1.82, 2.24) is 15.6 Å². The molecular formula is C13H19N3O2. The van der Waals surface area contributed by atoms with Crippen LogP contribution in [0.2, 0.25) is 0 Å². The van der Waals surface area contributed by atoms with Crippen LogP contribution in [0.25, 0.3) is 0 Å². The molecular weight excluding hydrogens is 230 g/mol. The zero-order valence-corrected chi connectivity index (χ0v) is 10.6. The van der Waals surface area contributed by atoms with E-state index in [2.05, 4.69) is 22.5 Å². The van der Waals surface area contributed by atoms with Gasteiger partial charge in [-0.1, -0.05) is 6.92 Å². The van der Waals surface area contributed by atoms with Crippen LogP contribution in [0.3, 0.4) is 0 Å². The molecule has 1 aromatic heterocycles. The summed E-state index contributed by atoms with van der Waals surface area (Å²) in [6.45, 7) is 4.77. The Morgan fingerprint density at radius 1 is 1.56 bits per heavy atom. The molecule has 1 unspecified atom stereocenters. The number of nitrogens with one attached hydrogen (secondary N) is 3. The SMILES string of the molecule is CC1(CNC(=O)c2cc[nH]c(=O)c2)CCCNC1. The van der Waals surface area contributed by atoms with Crippen molar-refractivity contribution in [3.63, 3.8) is 0 Å². The Bertz CT molecular complexity index is 475. The summed E-state index contributed by atoms with van der Waals surface area (Å²) in [5.41, 5.74) is 0.258. The smallest absolute Gasteiger partial charge is 0.251 e. The monoisotopic (exact) mass is 249 g/mol. The van der Waals surface area contributed by atoms with E-state index in [0.29, 0.717) is 12.1 Å². The maximum atomic E-state index is 11.9. The number of aromatic nitrogens is 1. The molecule has 0 spiro atoms. The molecule has 2 heterocycles. The van der Waals surface area contributed by atoms with Crippen molar-refractivity contribution in [2.24, 2.45) is 5.41 Å². The minimum Gasteiger partial charge on any atom is -0.351 e. The van der Waals surface area contributed by atoms with Crippen LogP contribution in [0.1, 0.15) is 30.1 Å². The number of carbonyl (C=O) groups is 1. The standard InChI is InChI=1S/C13H19N3O2/c1-13(4-2-5-14-8-13)9-16-12(18)10-3-6-15-11(17)7-10/h3,6-7,14H,2,4-5,8-9H2,1H3,(H,15,17)(H,16,18). The lowest BCUT2D eigenvalue weighted by Gasteiger charge is -2.34. The molecule has 0 aromatic carbocycles. The molecule has 3 N–H and O–H groups in total. The number of aromatic amines is 1. The van der Waals surface area contributed by atoms with Gasteiger partial charge >= 0.3 is 0 Å². The number of hydrogen-bond acceptors (Lipinski definition) is 3. The second-order valence-electron chi connectivity index (χ2n) is 5.22. The summed E-state index contributed by atoms with van der Waals surface area (Å²) in [5, 5.41) is 6.25. The molecule has 5 nitrogen and oxygen atoms in total. The largest absolute Gasteiger partial charge is 0.351 e. The highest BCUT2D eigenvalue weighted by molar-refractivity contribution is 5.93. The van der Waals surface area contributed by atoms with E-state index in [1.807, 2.05) is 0 Å². The summed E-state index contributed by atoms with van der Waals surface area (Å²) in [5.74, 6) is -0.187. The second kappa shape index (κ2) is 5.35. The maximum Gasteiger partial charge on any atom is 0.251 e. The van der Waals surface area contributed by atoms with Gasteiger partial charge in [0.15, 0.2) is 0 Å². The lowest BCUT2D eigenvalue weighted by atomic mass is 9.83. The van der Waals surface area contributed by atoms with Gasteiger partial charge in [0.1, 0.15) is 0 Å². The first-order valence-electron chi connectivity index (χ1n) is 6.27. The van der Waals surface area contributed by atoms with E-state index < -0.39 is 0 Å². The Kier molecular flexibility index (Phi) is 3.81. The van der Waals surface area contributed by atoms with Crippen LogP contribution in [0, 0.1) is 5.41 Å². The highest BCUT2D eigenvalue weighted by Gasteiger charge is 2.27. The number of amides is 1. The van der Waals surface area contributed by atoms with Gasteiger partial charge in [0.2, 0.25) is 5.56 Å². The van der Waals surface area contributed by atoms with Crippen LogP contribution in [0.4, 0.5) is 0 Å². The summed E-state index contributed by atoms with van der Waals surface area (Å²) >= 11 is 0. The molecule has 1 aliphatic heterocycles. The molecule has 2 rings (SSSR count). The molecule has 1 saturated heterocycles. The van der Waals surface area contributed by atoms with E-state index in [1.165, 1.54) is 12.3 Å². The van der Waals surface area contributed by atoms with Crippen molar-refractivity contribution in [1.29, 1.82) is 0 Å². The highest BCUT2D eigenvalue weighted by atomic mass is 16.2. The zero-order chi connectivity index (χ0) is 13.0. The van der Waals surface area contributed by atoms with E-state index in [9.17, 15) is 9.59 Å². The predicted molar refractivity (Wildman–Crippen MR) is 69.6 cm³/mol. The molecule has 1 fully saturated rings. The molecule has 1 amide bonds. The number of hydrogen-bond donors (Lipinski definition) is 3. The second-order valence-corrected chi connectivity index (χ2v) is 5.22. The van der Waals surface area contributed by atoms with Crippen LogP contribution in [-0.4, -0.2) is 30.5 Å².